The Hall–Kier alpha value is -1.92. The summed E-state index contributed by atoms with van der Waals surface area (Å²) in [4.78, 5) is 23.5. The number of rotatable bonds is 5. The molecule has 0 spiro atoms. The summed E-state index contributed by atoms with van der Waals surface area (Å²) < 4.78 is 0. The predicted octanol–water partition coefficient (Wildman–Crippen LogP) is 2.10. The lowest BCUT2D eigenvalue weighted by Gasteiger charge is -2.36. The summed E-state index contributed by atoms with van der Waals surface area (Å²) in [6.07, 6.45) is 0.412. The van der Waals surface area contributed by atoms with E-state index in [9.17, 15) is 4.79 Å². The van der Waals surface area contributed by atoms with Crippen LogP contribution in [0.15, 0.2) is 35.7 Å². The van der Waals surface area contributed by atoms with Crippen molar-refractivity contribution in [2.75, 3.05) is 45.2 Å². The molecule has 2 aromatic rings. The molecule has 5 nitrogen and oxygen atoms in total. The summed E-state index contributed by atoms with van der Waals surface area (Å²) in [6, 6.07) is 10.4. The maximum atomic E-state index is 12.5. The van der Waals surface area contributed by atoms with Crippen LogP contribution in [0.25, 0.3) is 0 Å². The number of carbonyl (C=O) groups is 1. The van der Waals surface area contributed by atoms with Gasteiger partial charge in [0.05, 0.1) is 12.1 Å². The summed E-state index contributed by atoms with van der Waals surface area (Å²) >= 11 is 1.63. The third kappa shape index (κ3) is 4.33. The van der Waals surface area contributed by atoms with Gasteiger partial charge in [0, 0.05) is 43.8 Å². The largest absolute Gasteiger partial charge is 0.368 e. The highest BCUT2D eigenvalue weighted by Crippen LogP contribution is 2.17. The molecule has 0 N–H and O–H groups in total. The lowest BCUT2D eigenvalue weighted by molar-refractivity contribution is -0.130. The number of thiazole rings is 1. The molecular formula is C18H24N4OS. The first-order valence-corrected chi connectivity index (χ1v) is 9.15. The van der Waals surface area contributed by atoms with Gasteiger partial charge in [0.15, 0.2) is 0 Å². The zero-order valence-corrected chi connectivity index (χ0v) is 15.1. The van der Waals surface area contributed by atoms with Crippen LogP contribution in [0.2, 0.25) is 0 Å². The minimum absolute atomic E-state index is 0.185. The molecule has 1 amide bonds. The number of amides is 1. The molecular weight excluding hydrogens is 320 g/mol. The summed E-state index contributed by atoms with van der Waals surface area (Å²) in [6.45, 7) is 4.16. The van der Waals surface area contributed by atoms with E-state index in [1.54, 1.807) is 11.3 Å². The normalized spacial score (nSPS) is 15.1. The molecule has 6 heteroatoms. The van der Waals surface area contributed by atoms with E-state index in [2.05, 4.69) is 39.0 Å². The quantitative estimate of drug-likeness (QED) is 0.833. The maximum Gasteiger partial charge on any atom is 0.228 e. The van der Waals surface area contributed by atoms with E-state index in [0.717, 1.165) is 43.4 Å². The van der Waals surface area contributed by atoms with Crippen LogP contribution in [0, 0.1) is 0 Å². The highest BCUT2D eigenvalue weighted by molar-refractivity contribution is 7.09. The van der Waals surface area contributed by atoms with E-state index in [1.807, 2.05) is 30.4 Å². The van der Waals surface area contributed by atoms with Crippen molar-refractivity contribution >= 4 is 22.9 Å². The first kappa shape index (κ1) is 16.9. The Bertz CT molecular complexity index is 663. The van der Waals surface area contributed by atoms with Crippen molar-refractivity contribution in [2.24, 2.45) is 0 Å². The third-order valence-corrected chi connectivity index (χ3v) is 5.02. The Labute approximate surface area is 147 Å². The van der Waals surface area contributed by atoms with Gasteiger partial charge in [-0.25, -0.2) is 4.98 Å². The van der Waals surface area contributed by atoms with Crippen LogP contribution in [0.4, 0.5) is 5.69 Å². The van der Waals surface area contributed by atoms with Crippen molar-refractivity contribution in [3.8, 4) is 0 Å². The molecule has 1 saturated heterocycles. The molecule has 0 unspecified atom stereocenters. The molecule has 24 heavy (non-hydrogen) atoms. The molecule has 1 aromatic carbocycles. The molecule has 0 bridgehead atoms. The monoisotopic (exact) mass is 344 g/mol. The number of anilines is 1. The zero-order chi connectivity index (χ0) is 16.9. The first-order chi connectivity index (χ1) is 11.6. The molecule has 1 aliphatic heterocycles. The fourth-order valence-corrected chi connectivity index (χ4v) is 3.80. The lowest BCUT2D eigenvalue weighted by Crippen LogP contribution is -2.49. The van der Waals surface area contributed by atoms with Crippen molar-refractivity contribution in [2.45, 2.75) is 13.0 Å². The highest BCUT2D eigenvalue weighted by atomic mass is 32.1. The molecule has 128 valence electrons. The maximum absolute atomic E-state index is 12.5. The average molecular weight is 344 g/mol. The van der Waals surface area contributed by atoms with E-state index >= 15 is 0 Å². The molecule has 1 aliphatic rings. The van der Waals surface area contributed by atoms with Gasteiger partial charge in [-0.2, -0.15) is 0 Å². The summed E-state index contributed by atoms with van der Waals surface area (Å²) in [5, 5.41) is 3.08. The second kappa shape index (κ2) is 7.77. The number of para-hydroxylation sites is 1. The number of nitrogens with zero attached hydrogens (tertiary/aromatic N) is 4. The molecule has 0 aliphatic carbocycles. The van der Waals surface area contributed by atoms with E-state index in [4.69, 9.17) is 0 Å². The number of carbonyl (C=O) groups excluding carboxylic acids is 1. The van der Waals surface area contributed by atoms with Gasteiger partial charge >= 0.3 is 0 Å². The number of benzene rings is 1. The minimum atomic E-state index is 0.185. The minimum Gasteiger partial charge on any atom is -0.368 e. The van der Waals surface area contributed by atoms with E-state index in [0.29, 0.717) is 6.42 Å². The van der Waals surface area contributed by atoms with Crippen molar-refractivity contribution in [3.63, 3.8) is 0 Å². The Morgan fingerprint density at radius 1 is 1.17 bits per heavy atom. The third-order valence-electron chi connectivity index (χ3n) is 4.14. The second-order valence-corrected chi connectivity index (χ2v) is 7.29. The predicted molar refractivity (Wildman–Crippen MR) is 98.4 cm³/mol. The fraction of sp³-hybridized carbons (Fsp3) is 0.444. The van der Waals surface area contributed by atoms with Crippen LogP contribution in [-0.2, 0) is 17.8 Å². The van der Waals surface area contributed by atoms with Crippen molar-refractivity contribution < 1.29 is 4.79 Å². The van der Waals surface area contributed by atoms with Gasteiger partial charge in [0.1, 0.15) is 5.01 Å². The van der Waals surface area contributed by atoms with Gasteiger partial charge in [-0.05, 0) is 26.2 Å². The van der Waals surface area contributed by atoms with Crippen LogP contribution < -0.4 is 4.90 Å². The van der Waals surface area contributed by atoms with E-state index in [-0.39, 0.29) is 5.91 Å². The SMILES string of the molecule is CN(C)Cc1nc(CC(=O)N2CCN(c3ccccc3)CC2)cs1. The molecule has 0 radical (unpaired) electrons. The Balaban J connectivity index is 1.51. The van der Waals surface area contributed by atoms with Gasteiger partial charge in [-0.15, -0.1) is 11.3 Å². The van der Waals surface area contributed by atoms with Gasteiger partial charge < -0.3 is 14.7 Å². The van der Waals surface area contributed by atoms with Gasteiger partial charge in [-0.3, -0.25) is 4.79 Å². The molecule has 0 atom stereocenters. The van der Waals surface area contributed by atoms with E-state index in [1.165, 1.54) is 5.69 Å². The van der Waals surface area contributed by atoms with Crippen LogP contribution in [0.5, 0.6) is 0 Å². The Morgan fingerprint density at radius 3 is 2.54 bits per heavy atom. The highest BCUT2D eigenvalue weighted by Gasteiger charge is 2.22. The standard InChI is InChI=1S/C18H24N4OS/c1-20(2)13-17-19-15(14-24-17)12-18(23)22-10-8-21(9-11-22)16-6-4-3-5-7-16/h3-7,14H,8-13H2,1-2H3. The first-order valence-electron chi connectivity index (χ1n) is 8.27. The molecule has 2 heterocycles. The molecule has 3 rings (SSSR count). The van der Waals surface area contributed by atoms with Crippen LogP contribution in [0.3, 0.4) is 0 Å². The van der Waals surface area contributed by atoms with Crippen molar-refractivity contribution in [3.05, 3.63) is 46.4 Å². The topological polar surface area (TPSA) is 39.7 Å². The summed E-state index contributed by atoms with van der Waals surface area (Å²) in [7, 11) is 4.05. The molecule has 1 aromatic heterocycles. The van der Waals surface area contributed by atoms with Crippen molar-refractivity contribution in [1.29, 1.82) is 0 Å². The number of aromatic nitrogens is 1. The second-order valence-electron chi connectivity index (χ2n) is 6.35. The van der Waals surface area contributed by atoms with Gasteiger partial charge in [0.25, 0.3) is 0 Å². The lowest BCUT2D eigenvalue weighted by atomic mass is 10.2. The Morgan fingerprint density at radius 2 is 1.88 bits per heavy atom. The van der Waals surface area contributed by atoms with Gasteiger partial charge in [0.2, 0.25) is 5.91 Å². The number of hydrogen-bond acceptors (Lipinski definition) is 5. The Kier molecular flexibility index (Phi) is 5.48. The van der Waals surface area contributed by atoms with Gasteiger partial charge in [-0.1, -0.05) is 18.2 Å². The smallest absolute Gasteiger partial charge is 0.228 e. The molecule has 1 fully saturated rings. The number of piperazine rings is 1. The van der Waals surface area contributed by atoms with E-state index < -0.39 is 0 Å². The average Bonchev–Trinajstić information content (AvgIpc) is 3.02. The number of hydrogen-bond donors (Lipinski definition) is 0. The summed E-state index contributed by atoms with van der Waals surface area (Å²) in [5.41, 5.74) is 2.13. The fourth-order valence-electron chi connectivity index (χ4n) is 2.89. The van der Waals surface area contributed by atoms with Crippen LogP contribution in [-0.4, -0.2) is 61.0 Å². The summed E-state index contributed by atoms with van der Waals surface area (Å²) in [5.74, 6) is 0.185. The van der Waals surface area contributed by atoms with Crippen LogP contribution >= 0.6 is 11.3 Å². The zero-order valence-electron chi connectivity index (χ0n) is 14.3. The van der Waals surface area contributed by atoms with Crippen LogP contribution in [0.1, 0.15) is 10.7 Å². The van der Waals surface area contributed by atoms with Crippen molar-refractivity contribution in [1.82, 2.24) is 14.8 Å². The molecule has 0 saturated carbocycles.